The number of thioether (sulfide) groups is 1. The van der Waals surface area contributed by atoms with Crippen molar-refractivity contribution in [3.8, 4) is 0 Å². The molecule has 0 unspecified atom stereocenters. The molecule has 0 amide bonds. The van der Waals surface area contributed by atoms with E-state index in [0.717, 1.165) is 10.6 Å². The van der Waals surface area contributed by atoms with Crippen molar-refractivity contribution in [3.63, 3.8) is 0 Å². The van der Waals surface area contributed by atoms with Gasteiger partial charge in [-0.2, -0.15) is 0 Å². The van der Waals surface area contributed by atoms with E-state index >= 15 is 0 Å². The molecule has 3 nitrogen and oxygen atoms in total. The van der Waals surface area contributed by atoms with Crippen molar-refractivity contribution in [1.29, 1.82) is 0 Å². The van der Waals surface area contributed by atoms with E-state index in [4.69, 9.17) is 4.74 Å². The zero-order valence-corrected chi connectivity index (χ0v) is 9.08. The van der Waals surface area contributed by atoms with Crippen LogP contribution in [-0.4, -0.2) is 22.8 Å². The van der Waals surface area contributed by atoms with E-state index in [0.29, 0.717) is 0 Å². The number of hydrogen-bond donors (Lipinski definition) is 0. The van der Waals surface area contributed by atoms with Crippen molar-refractivity contribution in [2.75, 3.05) is 5.75 Å². The molecule has 1 heterocycles. The van der Waals surface area contributed by atoms with Crippen LogP contribution in [0.2, 0.25) is 0 Å². The number of hydrogen-bond acceptors (Lipinski definition) is 4. The first-order chi connectivity index (χ1) is 6.68. The predicted molar refractivity (Wildman–Crippen MR) is 56.2 cm³/mol. The molecule has 0 bridgehead atoms. The SMILES string of the molecule is CC(=O)O[C@H](C)CSc1cccnc1. The molecule has 0 aliphatic rings. The first kappa shape index (κ1) is 11.0. The van der Waals surface area contributed by atoms with Crippen LogP contribution in [0.3, 0.4) is 0 Å². The number of nitrogens with zero attached hydrogens (tertiary/aromatic N) is 1. The molecule has 0 saturated heterocycles. The van der Waals surface area contributed by atoms with Gasteiger partial charge in [0.2, 0.25) is 0 Å². The molecule has 76 valence electrons. The summed E-state index contributed by atoms with van der Waals surface area (Å²) in [5.41, 5.74) is 0. The molecule has 0 radical (unpaired) electrons. The number of ether oxygens (including phenoxy) is 1. The van der Waals surface area contributed by atoms with Crippen LogP contribution in [0, 0.1) is 0 Å². The van der Waals surface area contributed by atoms with Crippen molar-refractivity contribution in [2.24, 2.45) is 0 Å². The maximum absolute atomic E-state index is 10.6. The summed E-state index contributed by atoms with van der Waals surface area (Å²) in [6.07, 6.45) is 3.47. The molecule has 0 aromatic carbocycles. The van der Waals surface area contributed by atoms with Crippen LogP contribution < -0.4 is 0 Å². The van der Waals surface area contributed by atoms with Gasteiger partial charge in [0.15, 0.2) is 0 Å². The standard InChI is InChI=1S/C10H13NO2S/c1-8(13-9(2)12)7-14-10-4-3-5-11-6-10/h3-6,8H,7H2,1-2H3/t8-/m1/s1. The van der Waals surface area contributed by atoms with E-state index in [1.807, 2.05) is 19.1 Å². The largest absolute Gasteiger partial charge is 0.462 e. The lowest BCUT2D eigenvalue weighted by molar-refractivity contribution is -0.144. The second-order valence-corrected chi connectivity index (χ2v) is 4.01. The minimum absolute atomic E-state index is 0.0577. The predicted octanol–water partition coefficient (Wildman–Crippen LogP) is 2.13. The number of carbonyl (C=O) groups excluding carboxylic acids is 1. The van der Waals surface area contributed by atoms with Crippen LogP contribution in [0.15, 0.2) is 29.4 Å². The smallest absolute Gasteiger partial charge is 0.302 e. The van der Waals surface area contributed by atoms with Gasteiger partial charge in [0.1, 0.15) is 6.10 Å². The lowest BCUT2D eigenvalue weighted by atomic mass is 10.5. The van der Waals surface area contributed by atoms with E-state index in [2.05, 4.69) is 4.98 Å². The van der Waals surface area contributed by atoms with E-state index in [1.54, 1.807) is 24.2 Å². The Morgan fingerprint density at radius 2 is 2.50 bits per heavy atom. The zero-order chi connectivity index (χ0) is 10.4. The maximum atomic E-state index is 10.6. The van der Waals surface area contributed by atoms with Gasteiger partial charge in [-0.05, 0) is 19.1 Å². The minimum Gasteiger partial charge on any atom is -0.462 e. The van der Waals surface area contributed by atoms with Crippen molar-refractivity contribution < 1.29 is 9.53 Å². The fourth-order valence-corrected chi connectivity index (χ4v) is 1.77. The summed E-state index contributed by atoms with van der Waals surface area (Å²) >= 11 is 1.63. The second kappa shape index (κ2) is 5.65. The highest BCUT2D eigenvalue weighted by Gasteiger charge is 2.05. The maximum Gasteiger partial charge on any atom is 0.302 e. The minimum atomic E-state index is -0.232. The summed E-state index contributed by atoms with van der Waals surface area (Å²) in [4.78, 5) is 15.7. The Morgan fingerprint density at radius 1 is 1.71 bits per heavy atom. The van der Waals surface area contributed by atoms with Crippen molar-refractivity contribution in [3.05, 3.63) is 24.5 Å². The van der Waals surface area contributed by atoms with Crippen LogP contribution in [-0.2, 0) is 9.53 Å². The number of aromatic nitrogens is 1. The van der Waals surface area contributed by atoms with E-state index in [-0.39, 0.29) is 12.1 Å². The van der Waals surface area contributed by atoms with Gasteiger partial charge in [-0.1, -0.05) is 0 Å². The Bertz CT molecular complexity index is 289. The fourth-order valence-electron chi connectivity index (χ4n) is 0.963. The van der Waals surface area contributed by atoms with Crippen molar-refractivity contribution >= 4 is 17.7 Å². The molecule has 4 heteroatoms. The normalized spacial score (nSPS) is 12.1. The Hall–Kier alpha value is -1.03. The molecule has 0 saturated carbocycles. The molecule has 1 rings (SSSR count). The molecule has 1 aromatic rings. The third kappa shape index (κ3) is 4.28. The molecule has 14 heavy (non-hydrogen) atoms. The molecular weight excluding hydrogens is 198 g/mol. The van der Waals surface area contributed by atoms with Gasteiger partial charge in [0, 0.05) is 30.0 Å². The van der Waals surface area contributed by atoms with Crippen LogP contribution >= 0.6 is 11.8 Å². The van der Waals surface area contributed by atoms with Gasteiger partial charge >= 0.3 is 5.97 Å². The molecule has 0 aliphatic carbocycles. The lowest BCUT2D eigenvalue weighted by Gasteiger charge is -2.10. The highest BCUT2D eigenvalue weighted by Crippen LogP contribution is 2.17. The summed E-state index contributed by atoms with van der Waals surface area (Å²) in [6.45, 7) is 3.30. The Morgan fingerprint density at radius 3 is 3.07 bits per heavy atom. The average Bonchev–Trinajstić information content (AvgIpc) is 2.15. The summed E-state index contributed by atoms with van der Waals surface area (Å²) in [6, 6.07) is 3.87. The summed E-state index contributed by atoms with van der Waals surface area (Å²) in [5.74, 6) is 0.523. The average molecular weight is 211 g/mol. The fraction of sp³-hybridized carbons (Fsp3) is 0.400. The van der Waals surface area contributed by atoms with Gasteiger partial charge < -0.3 is 4.74 Å². The lowest BCUT2D eigenvalue weighted by Crippen LogP contribution is -2.14. The van der Waals surface area contributed by atoms with Crippen LogP contribution in [0.5, 0.6) is 0 Å². The van der Waals surface area contributed by atoms with Crippen LogP contribution in [0.25, 0.3) is 0 Å². The number of esters is 1. The third-order valence-electron chi connectivity index (χ3n) is 1.49. The molecule has 1 aromatic heterocycles. The summed E-state index contributed by atoms with van der Waals surface area (Å²) < 4.78 is 4.99. The van der Waals surface area contributed by atoms with Crippen LogP contribution in [0.1, 0.15) is 13.8 Å². The Kier molecular flexibility index (Phi) is 4.46. The molecular formula is C10H13NO2S. The zero-order valence-electron chi connectivity index (χ0n) is 8.27. The first-order valence-corrected chi connectivity index (χ1v) is 5.37. The quantitative estimate of drug-likeness (QED) is 0.565. The van der Waals surface area contributed by atoms with Gasteiger partial charge in [-0.15, -0.1) is 11.8 Å². The molecule has 0 spiro atoms. The third-order valence-corrected chi connectivity index (χ3v) is 2.70. The Balaban J connectivity index is 2.30. The molecule has 0 fully saturated rings. The van der Waals surface area contributed by atoms with Crippen molar-refractivity contribution in [1.82, 2.24) is 4.98 Å². The topological polar surface area (TPSA) is 39.2 Å². The molecule has 0 aliphatic heterocycles. The van der Waals surface area contributed by atoms with Gasteiger partial charge in [-0.25, -0.2) is 0 Å². The highest BCUT2D eigenvalue weighted by molar-refractivity contribution is 7.99. The Labute approximate surface area is 87.9 Å². The van der Waals surface area contributed by atoms with Gasteiger partial charge in [0.05, 0.1) is 0 Å². The monoisotopic (exact) mass is 211 g/mol. The van der Waals surface area contributed by atoms with E-state index in [1.165, 1.54) is 6.92 Å². The van der Waals surface area contributed by atoms with Gasteiger partial charge in [0.25, 0.3) is 0 Å². The number of carbonyl (C=O) groups is 1. The van der Waals surface area contributed by atoms with Gasteiger partial charge in [-0.3, -0.25) is 9.78 Å². The van der Waals surface area contributed by atoms with Crippen molar-refractivity contribution in [2.45, 2.75) is 24.8 Å². The molecule has 1 atom stereocenters. The van der Waals surface area contributed by atoms with Crippen LogP contribution in [0.4, 0.5) is 0 Å². The highest BCUT2D eigenvalue weighted by atomic mass is 32.2. The van der Waals surface area contributed by atoms with E-state index in [9.17, 15) is 4.79 Å². The second-order valence-electron chi connectivity index (χ2n) is 2.92. The summed E-state index contributed by atoms with van der Waals surface area (Å²) in [5, 5.41) is 0. The molecule has 0 N–H and O–H groups in total. The van der Waals surface area contributed by atoms with E-state index < -0.39 is 0 Å². The number of pyridine rings is 1. The first-order valence-electron chi connectivity index (χ1n) is 4.38. The summed E-state index contributed by atoms with van der Waals surface area (Å²) in [7, 11) is 0. The number of rotatable bonds is 4.